The van der Waals surface area contributed by atoms with Crippen molar-refractivity contribution in [3.8, 4) is 11.5 Å². The SMILES string of the molecule is COc1ccc(OC)c([C@H](C)NC(=O)[C@@H]2CCCN(S(=O)(=O)c3cccs3)C2)c1. The predicted molar refractivity (Wildman–Crippen MR) is 112 cm³/mol. The first-order chi connectivity index (χ1) is 13.9. The van der Waals surface area contributed by atoms with Crippen molar-refractivity contribution in [1.29, 1.82) is 0 Å². The number of methoxy groups -OCH3 is 2. The average Bonchev–Trinajstić information content (AvgIpc) is 3.29. The van der Waals surface area contributed by atoms with Crippen LogP contribution in [0.25, 0.3) is 0 Å². The van der Waals surface area contributed by atoms with Crippen LogP contribution in [0.15, 0.2) is 39.9 Å². The molecule has 9 heteroatoms. The van der Waals surface area contributed by atoms with Crippen molar-refractivity contribution in [1.82, 2.24) is 9.62 Å². The highest BCUT2D eigenvalue weighted by Crippen LogP contribution is 2.30. The Morgan fingerprint density at radius 1 is 1.28 bits per heavy atom. The molecule has 29 heavy (non-hydrogen) atoms. The Morgan fingerprint density at radius 2 is 2.07 bits per heavy atom. The zero-order valence-corrected chi connectivity index (χ0v) is 18.4. The molecule has 0 saturated carbocycles. The topological polar surface area (TPSA) is 84.9 Å². The maximum atomic E-state index is 12.9. The molecular weight excluding hydrogens is 412 g/mol. The van der Waals surface area contributed by atoms with Gasteiger partial charge in [0, 0.05) is 18.7 Å². The largest absolute Gasteiger partial charge is 0.497 e. The van der Waals surface area contributed by atoms with Gasteiger partial charge in [0.05, 0.1) is 26.2 Å². The van der Waals surface area contributed by atoms with Crippen molar-refractivity contribution in [3.05, 3.63) is 41.3 Å². The average molecular weight is 439 g/mol. The van der Waals surface area contributed by atoms with Crippen LogP contribution in [0.3, 0.4) is 0 Å². The maximum absolute atomic E-state index is 12.9. The number of hydrogen-bond donors (Lipinski definition) is 1. The van der Waals surface area contributed by atoms with E-state index >= 15 is 0 Å². The van der Waals surface area contributed by atoms with Crippen LogP contribution in [0, 0.1) is 5.92 Å². The molecule has 2 heterocycles. The molecule has 1 aromatic heterocycles. The van der Waals surface area contributed by atoms with Crippen molar-refractivity contribution in [2.45, 2.75) is 30.0 Å². The molecule has 0 radical (unpaired) electrons. The fourth-order valence-corrected chi connectivity index (χ4v) is 6.17. The summed E-state index contributed by atoms with van der Waals surface area (Å²) in [5, 5.41) is 4.75. The zero-order valence-electron chi connectivity index (χ0n) is 16.8. The van der Waals surface area contributed by atoms with Gasteiger partial charge in [-0.2, -0.15) is 4.31 Å². The Morgan fingerprint density at radius 3 is 2.72 bits per heavy atom. The normalized spacial score (nSPS) is 18.8. The number of nitrogens with zero attached hydrogens (tertiary/aromatic N) is 1. The number of piperidine rings is 1. The quantitative estimate of drug-likeness (QED) is 0.718. The first kappa shape index (κ1) is 21.6. The summed E-state index contributed by atoms with van der Waals surface area (Å²) in [4.78, 5) is 12.9. The van der Waals surface area contributed by atoms with Crippen molar-refractivity contribution >= 4 is 27.3 Å². The Hall–Kier alpha value is -2.10. The molecule has 1 saturated heterocycles. The molecule has 0 bridgehead atoms. The van der Waals surface area contributed by atoms with Crippen LogP contribution in [0.1, 0.15) is 31.4 Å². The number of hydrogen-bond acceptors (Lipinski definition) is 6. The number of nitrogens with one attached hydrogen (secondary N) is 1. The second kappa shape index (κ2) is 9.15. The Bertz CT molecular complexity index is 944. The van der Waals surface area contributed by atoms with Gasteiger partial charge in [-0.15, -0.1) is 11.3 Å². The lowest BCUT2D eigenvalue weighted by Crippen LogP contribution is -2.45. The van der Waals surface area contributed by atoms with Crippen LogP contribution >= 0.6 is 11.3 Å². The molecule has 0 spiro atoms. The number of carbonyl (C=O) groups is 1. The third-order valence-electron chi connectivity index (χ3n) is 5.11. The first-order valence-corrected chi connectivity index (χ1v) is 11.7. The number of amides is 1. The summed E-state index contributed by atoms with van der Waals surface area (Å²) in [6, 6.07) is 8.43. The number of carbonyl (C=O) groups excluding carboxylic acids is 1. The number of sulfonamides is 1. The summed E-state index contributed by atoms with van der Waals surface area (Å²) >= 11 is 1.19. The molecule has 0 unspecified atom stereocenters. The molecule has 1 aliphatic rings. The van der Waals surface area contributed by atoms with Gasteiger partial charge in [0.25, 0.3) is 10.0 Å². The highest BCUT2D eigenvalue weighted by Gasteiger charge is 2.34. The van der Waals surface area contributed by atoms with E-state index in [1.165, 1.54) is 15.6 Å². The second-order valence-electron chi connectivity index (χ2n) is 6.97. The Kier molecular flexibility index (Phi) is 6.81. The summed E-state index contributed by atoms with van der Waals surface area (Å²) in [7, 11) is -0.390. The zero-order chi connectivity index (χ0) is 21.0. The van der Waals surface area contributed by atoms with E-state index in [1.807, 2.05) is 13.0 Å². The van der Waals surface area contributed by atoms with Crippen LogP contribution < -0.4 is 14.8 Å². The summed E-state index contributed by atoms with van der Waals surface area (Å²) in [5.41, 5.74) is 0.805. The third kappa shape index (κ3) is 4.73. The number of thiophene rings is 1. The van der Waals surface area contributed by atoms with Gasteiger partial charge in [-0.1, -0.05) is 6.07 Å². The molecule has 1 aromatic carbocycles. The summed E-state index contributed by atoms with van der Waals surface area (Å²) in [6.07, 6.45) is 1.31. The van der Waals surface area contributed by atoms with Gasteiger partial charge in [0.15, 0.2) is 0 Å². The highest BCUT2D eigenvalue weighted by atomic mass is 32.2. The van der Waals surface area contributed by atoms with Crippen LogP contribution in [-0.2, 0) is 14.8 Å². The standard InChI is InChI=1S/C20H26N2O5S2/c1-14(17-12-16(26-2)8-9-18(17)27-3)21-20(23)15-6-4-10-22(13-15)29(24,25)19-7-5-11-28-19/h5,7-9,11-12,14-15H,4,6,10,13H2,1-3H3,(H,21,23)/t14-,15+/m0/s1. The minimum atomic E-state index is -3.55. The van der Waals surface area contributed by atoms with Gasteiger partial charge < -0.3 is 14.8 Å². The third-order valence-corrected chi connectivity index (χ3v) is 8.34. The van der Waals surface area contributed by atoms with E-state index in [-0.39, 0.29) is 18.5 Å². The highest BCUT2D eigenvalue weighted by molar-refractivity contribution is 7.91. The van der Waals surface area contributed by atoms with Gasteiger partial charge in [0.2, 0.25) is 5.91 Å². The minimum Gasteiger partial charge on any atom is -0.497 e. The summed E-state index contributed by atoms with van der Waals surface area (Å²) in [5.74, 6) is 0.780. The molecule has 1 N–H and O–H groups in total. The summed E-state index contributed by atoms with van der Waals surface area (Å²) < 4.78 is 38.0. The van der Waals surface area contributed by atoms with E-state index in [0.29, 0.717) is 35.1 Å². The van der Waals surface area contributed by atoms with E-state index in [1.54, 1.807) is 43.9 Å². The van der Waals surface area contributed by atoms with Gasteiger partial charge in [-0.05, 0) is 49.4 Å². The van der Waals surface area contributed by atoms with Gasteiger partial charge in [0.1, 0.15) is 15.7 Å². The predicted octanol–water partition coefficient (Wildman–Crippen LogP) is 3.04. The molecule has 1 amide bonds. The molecule has 2 atom stereocenters. The van der Waals surface area contributed by atoms with E-state index < -0.39 is 15.9 Å². The maximum Gasteiger partial charge on any atom is 0.252 e. The monoisotopic (exact) mass is 438 g/mol. The minimum absolute atomic E-state index is 0.159. The number of benzene rings is 1. The van der Waals surface area contributed by atoms with Crippen LogP contribution in [0.4, 0.5) is 0 Å². The lowest BCUT2D eigenvalue weighted by Gasteiger charge is -2.31. The molecule has 7 nitrogen and oxygen atoms in total. The van der Waals surface area contributed by atoms with Crippen LogP contribution in [0.5, 0.6) is 11.5 Å². The molecule has 1 aliphatic heterocycles. The lowest BCUT2D eigenvalue weighted by molar-refractivity contribution is -0.126. The molecular formula is C20H26N2O5S2. The van der Waals surface area contributed by atoms with Crippen molar-refractivity contribution in [2.24, 2.45) is 5.92 Å². The van der Waals surface area contributed by atoms with Crippen LogP contribution in [-0.4, -0.2) is 45.9 Å². The lowest BCUT2D eigenvalue weighted by atomic mass is 9.97. The fraction of sp³-hybridized carbons (Fsp3) is 0.450. The van der Waals surface area contributed by atoms with Gasteiger partial charge >= 0.3 is 0 Å². The molecule has 3 rings (SSSR count). The van der Waals surface area contributed by atoms with Crippen molar-refractivity contribution in [3.63, 3.8) is 0 Å². The van der Waals surface area contributed by atoms with Gasteiger partial charge in [-0.3, -0.25) is 4.79 Å². The van der Waals surface area contributed by atoms with E-state index in [2.05, 4.69) is 5.32 Å². The van der Waals surface area contributed by atoms with Gasteiger partial charge in [-0.25, -0.2) is 8.42 Å². The van der Waals surface area contributed by atoms with E-state index in [0.717, 1.165) is 5.56 Å². The fourth-order valence-electron chi connectivity index (χ4n) is 3.50. The van der Waals surface area contributed by atoms with Crippen LogP contribution in [0.2, 0.25) is 0 Å². The van der Waals surface area contributed by atoms with E-state index in [4.69, 9.17) is 9.47 Å². The molecule has 158 valence electrons. The summed E-state index contributed by atoms with van der Waals surface area (Å²) in [6.45, 7) is 2.50. The number of rotatable bonds is 7. The number of ether oxygens (including phenoxy) is 2. The molecule has 2 aromatic rings. The first-order valence-electron chi connectivity index (χ1n) is 9.42. The van der Waals surface area contributed by atoms with Crippen molar-refractivity contribution in [2.75, 3.05) is 27.3 Å². The Labute approximate surface area is 175 Å². The van der Waals surface area contributed by atoms with E-state index in [9.17, 15) is 13.2 Å². The molecule has 1 fully saturated rings. The van der Waals surface area contributed by atoms with Crippen molar-refractivity contribution < 1.29 is 22.7 Å². The smallest absolute Gasteiger partial charge is 0.252 e. The molecule has 0 aliphatic carbocycles. The Balaban J connectivity index is 1.71. The second-order valence-corrected chi connectivity index (χ2v) is 10.1.